The molecule has 1 aliphatic rings. The second-order valence-corrected chi connectivity index (χ2v) is 5.36. The molecule has 2 N–H and O–H groups in total. The van der Waals surface area contributed by atoms with Gasteiger partial charge in [0, 0.05) is 18.7 Å². The number of hydrogen-bond acceptors (Lipinski definition) is 5. The largest absolute Gasteiger partial charge is 0.481 e. The summed E-state index contributed by atoms with van der Waals surface area (Å²) >= 11 is 0. The zero-order valence-corrected chi connectivity index (χ0v) is 13.9. The summed E-state index contributed by atoms with van der Waals surface area (Å²) < 4.78 is 10.1. The van der Waals surface area contributed by atoms with Gasteiger partial charge in [-0.15, -0.1) is 6.42 Å². The molecule has 1 aromatic rings. The Morgan fingerprint density at radius 2 is 2.20 bits per heavy atom. The van der Waals surface area contributed by atoms with Crippen molar-refractivity contribution in [1.82, 2.24) is 5.32 Å². The van der Waals surface area contributed by atoms with Gasteiger partial charge in [0.2, 0.25) is 0 Å². The van der Waals surface area contributed by atoms with E-state index in [9.17, 15) is 14.4 Å². The van der Waals surface area contributed by atoms with Crippen molar-refractivity contribution in [2.45, 2.75) is 19.4 Å². The molecule has 0 saturated carbocycles. The second kappa shape index (κ2) is 7.57. The molecule has 0 aliphatic carbocycles. The van der Waals surface area contributed by atoms with E-state index in [1.165, 1.54) is 12.0 Å². The number of hydrogen-bond donors (Lipinski definition) is 2. The van der Waals surface area contributed by atoms with Gasteiger partial charge in [0.15, 0.2) is 6.10 Å². The molecule has 8 nitrogen and oxygen atoms in total. The lowest BCUT2D eigenvalue weighted by atomic mass is 10.0. The van der Waals surface area contributed by atoms with Crippen LogP contribution in [0.15, 0.2) is 12.1 Å². The van der Waals surface area contributed by atoms with Crippen molar-refractivity contribution < 1.29 is 29.0 Å². The Balaban J connectivity index is 2.35. The third-order valence-corrected chi connectivity index (χ3v) is 3.68. The average Bonchev–Trinajstić information content (AvgIpc) is 2.57. The van der Waals surface area contributed by atoms with Crippen molar-refractivity contribution in [3.8, 4) is 18.1 Å². The zero-order valence-electron chi connectivity index (χ0n) is 13.9. The fourth-order valence-corrected chi connectivity index (χ4v) is 2.51. The summed E-state index contributed by atoms with van der Waals surface area (Å²) in [6, 6.07) is 3.10. The molecule has 0 spiro atoms. The summed E-state index contributed by atoms with van der Waals surface area (Å²) in [7, 11) is 1.24. The third-order valence-electron chi connectivity index (χ3n) is 3.68. The van der Waals surface area contributed by atoms with Gasteiger partial charge < -0.3 is 24.8 Å². The lowest BCUT2D eigenvalue weighted by Gasteiger charge is -2.33. The van der Waals surface area contributed by atoms with E-state index in [0.717, 1.165) is 0 Å². The Labute approximate surface area is 144 Å². The Bertz CT molecular complexity index is 752. The molecule has 1 aromatic carbocycles. The number of fused-ring (bicyclic) bond motifs is 1. The first-order chi connectivity index (χ1) is 11.9. The average molecular weight is 346 g/mol. The first-order valence-corrected chi connectivity index (χ1v) is 7.52. The molecule has 25 heavy (non-hydrogen) atoms. The Morgan fingerprint density at radius 3 is 2.80 bits per heavy atom. The number of ether oxygens (including phenoxy) is 2. The van der Waals surface area contributed by atoms with E-state index in [1.54, 1.807) is 19.1 Å². The van der Waals surface area contributed by atoms with Crippen LogP contribution in [0.3, 0.4) is 0 Å². The van der Waals surface area contributed by atoms with E-state index in [4.69, 9.17) is 16.3 Å². The molecule has 1 heterocycles. The van der Waals surface area contributed by atoms with E-state index >= 15 is 0 Å². The minimum Gasteiger partial charge on any atom is -0.481 e. The topological polar surface area (TPSA) is 105 Å². The summed E-state index contributed by atoms with van der Waals surface area (Å²) in [5.74, 6) is 1.50. The van der Waals surface area contributed by atoms with Gasteiger partial charge in [-0.25, -0.2) is 4.79 Å². The SMILES string of the molecule is C#Cc1cc2c(cc1CC(=O)O)N(CCNC(=O)OC)C(=O)C(C)O2. The van der Waals surface area contributed by atoms with Crippen LogP contribution in [0, 0.1) is 12.3 Å². The number of methoxy groups -OCH3 is 1. The van der Waals surface area contributed by atoms with E-state index in [0.29, 0.717) is 22.6 Å². The summed E-state index contributed by atoms with van der Waals surface area (Å²) in [5.41, 5.74) is 1.23. The maximum absolute atomic E-state index is 12.4. The number of aliphatic carboxylic acids is 1. The van der Waals surface area contributed by atoms with Crippen molar-refractivity contribution in [3.05, 3.63) is 23.3 Å². The molecule has 0 aromatic heterocycles. The number of terminal acetylenes is 1. The molecule has 0 radical (unpaired) electrons. The normalized spacial score (nSPS) is 15.6. The van der Waals surface area contributed by atoms with E-state index in [2.05, 4.69) is 16.0 Å². The predicted octanol–water partition coefficient (Wildman–Crippen LogP) is 0.765. The number of anilines is 1. The number of nitrogens with zero attached hydrogens (tertiary/aromatic N) is 1. The van der Waals surface area contributed by atoms with Gasteiger partial charge in [-0.3, -0.25) is 9.59 Å². The molecular weight excluding hydrogens is 328 g/mol. The Kier molecular flexibility index (Phi) is 5.49. The minimum absolute atomic E-state index is 0.162. The number of carboxylic acid groups (broad SMARTS) is 1. The van der Waals surface area contributed by atoms with Crippen molar-refractivity contribution in [2.24, 2.45) is 0 Å². The van der Waals surface area contributed by atoms with E-state index in [1.807, 2.05) is 0 Å². The molecule has 1 unspecified atom stereocenters. The highest BCUT2D eigenvalue weighted by atomic mass is 16.5. The minimum atomic E-state index is -1.04. The van der Waals surface area contributed by atoms with Crippen molar-refractivity contribution in [2.75, 3.05) is 25.1 Å². The summed E-state index contributed by atoms with van der Waals surface area (Å²) in [5, 5.41) is 11.5. The molecule has 2 amide bonds. The lowest BCUT2D eigenvalue weighted by Crippen LogP contribution is -2.47. The smallest absolute Gasteiger partial charge is 0.406 e. The van der Waals surface area contributed by atoms with Gasteiger partial charge in [-0.1, -0.05) is 5.92 Å². The van der Waals surface area contributed by atoms with Crippen LogP contribution in [0.5, 0.6) is 5.75 Å². The Hall–Kier alpha value is -3.21. The second-order valence-electron chi connectivity index (χ2n) is 5.36. The van der Waals surface area contributed by atoms with Crippen LogP contribution >= 0.6 is 0 Å². The molecule has 0 saturated heterocycles. The van der Waals surface area contributed by atoms with Crippen molar-refractivity contribution in [3.63, 3.8) is 0 Å². The summed E-state index contributed by atoms with van der Waals surface area (Å²) in [6.45, 7) is 1.94. The van der Waals surface area contributed by atoms with Gasteiger partial charge >= 0.3 is 12.1 Å². The highest BCUT2D eigenvalue weighted by Crippen LogP contribution is 2.36. The number of carboxylic acids is 1. The van der Waals surface area contributed by atoms with Gasteiger partial charge in [0.05, 0.1) is 19.2 Å². The quantitative estimate of drug-likeness (QED) is 0.763. The maximum atomic E-state index is 12.4. The molecule has 0 bridgehead atoms. The van der Waals surface area contributed by atoms with Gasteiger partial charge in [0.1, 0.15) is 5.75 Å². The number of carbonyl (C=O) groups excluding carboxylic acids is 2. The zero-order chi connectivity index (χ0) is 18.6. The lowest BCUT2D eigenvalue weighted by molar-refractivity contribution is -0.136. The number of carbonyl (C=O) groups is 3. The third kappa shape index (κ3) is 4.01. The van der Waals surface area contributed by atoms with Gasteiger partial charge in [-0.2, -0.15) is 0 Å². The predicted molar refractivity (Wildman–Crippen MR) is 88.6 cm³/mol. The van der Waals surface area contributed by atoms with Crippen LogP contribution in [0.1, 0.15) is 18.1 Å². The van der Waals surface area contributed by atoms with E-state index in [-0.39, 0.29) is 25.4 Å². The molecule has 8 heteroatoms. The monoisotopic (exact) mass is 346 g/mol. The number of rotatable bonds is 5. The molecular formula is C17H18N2O6. The number of amides is 2. The van der Waals surface area contributed by atoms with Crippen LogP contribution in [0.2, 0.25) is 0 Å². The van der Waals surface area contributed by atoms with Crippen LogP contribution in [0.4, 0.5) is 10.5 Å². The fraction of sp³-hybridized carbons (Fsp3) is 0.353. The number of benzene rings is 1. The maximum Gasteiger partial charge on any atom is 0.406 e. The first-order valence-electron chi connectivity index (χ1n) is 7.52. The van der Waals surface area contributed by atoms with Crippen LogP contribution < -0.4 is 15.0 Å². The molecule has 2 rings (SSSR count). The fourth-order valence-electron chi connectivity index (χ4n) is 2.51. The van der Waals surface area contributed by atoms with Crippen LogP contribution in [-0.2, 0) is 20.7 Å². The number of alkyl carbamates (subject to hydrolysis) is 1. The first kappa shape index (κ1) is 18.1. The molecule has 132 valence electrons. The van der Waals surface area contributed by atoms with Crippen molar-refractivity contribution in [1.29, 1.82) is 0 Å². The van der Waals surface area contributed by atoms with Gasteiger partial charge in [-0.05, 0) is 24.6 Å². The molecule has 1 aliphatic heterocycles. The number of nitrogens with one attached hydrogen (secondary N) is 1. The van der Waals surface area contributed by atoms with Crippen LogP contribution in [-0.4, -0.2) is 49.4 Å². The standard InChI is InChI=1S/C17H18N2O6/c1-4-11-8-14-13(7-12(11)9-15(20)21)19(16(22)10(2)25-14)6-5-18-17(23)24-3/h1,7-8,10H,5-6,9H2,2-3H3,(H,18,23)(H,20,21). The summed E-state index contributed by atoms with van der Waals surface area (Å²) in [4.78, 5) is 36.1. The van der Waals surface area contributed by atoms with Gasteiger partial charge in [0.25, 0.3) is 5.91 Å². The highest BCUT2D eigenvalue weighted by molar-refractivity contribution is 6.00. The molecule has 1 atom stereocenters. The molecule has 0 fully saturated rings. The summed E-state index contributed by atoms with van der Waals surface area (Å²) in [6.07, 6.45) is 3.84. The van der Waals surface area contributed by atoms with Crippen LogP contribution in [0.25, 0.3) is 0 Å². The highest BCUT2D eigenvalue weighted by Gasteiger charge is 2.32. The van der Waals surface area contributed by atoms with E-state index < -0.39 is 18.2 Å². The Morgan fingerprint density at radius 1 is 1.48 bits per heavy atom. The van der Waals surface area contributed by atoms with Crippen molar-refractivity contribution >= 4 is 23.7 Å².